The lowest BCUT2D eigenvalue weighted by molar-refractivity contribution is -0.136. The second-order valence-electron chi connectivity index (χ2n) is 3.24. The molecule has 0 aromatic heterocycles. The van der Waals surface area contributed by atoms with E-state index in [1.165, 1.54) is 0 Å². The molecule has 1 heterocycles. The Hall–Kier alpha value is -1.30. The minimum Gasteiger partial charge on any atom is -0.296 e. The highest BCUT2D eigenvalue weighted by Gasteiger charge is 2.25. The summed E-state index contributed by atoms with van der Waals surface area (Å²) in [5.41, 5.74) is 0. The van der Waals surface area contributed by atoms with Crippen LogP contribution in [0.25, 0.3) is 0 Å². The molecule has 0 spiro atoms. The van der Waals surface area contributed by atoms with E-state index in [0.29, 0.717) is 19.3 Å². The smallest absolute Gasteiger partial charge is 0.229 e. The molecule has 0 radical (unpaired) electrons. The molecule has 1 N–H and O–H groups in total. The number of carbonyl (C=O) groups excluding carboxylic acids is 2. The lowest BCUT2D eigenvalue weighted by atomic mass is 9.93. The molecule has 1 rings (SSSR count). The standard InChI is InChI=1S/C10H13NO2/c1-2-3-4-5-8-6-7-9(12)11-10(8)13/h1,8H,3-7H2,(H,11,12,13). The van der Waals surface area contributed by atoms with Gasteiger partial charge in [0.2, 0.25) is 11.8 Å². The third-order valence-electron chi connectivity index (χ3n) is 2.23. The van der Waals surface area contributed by atoms with Crippen LogP contribution in [0.1, 0.15) is 32.1 Å². The van der Waals surface area contributed by atoms with Crippen LogP contribution in [0, 0.1) is 18.3 Å². The first-order valence-electron chi connectivity index (χ1n) is 4.51. The van der Waals surface area contributed by atoms with Gasteiger partial charge >= 0.3 is 0 Å². The highest BCUT2D eigenvalue weighted by molar-refractivity contribution is 5.98. The minimum atomic E-state index is -0.154. The van der Waals surface area contributed by atoms with Crippen LogP contribution < -0.4 is 5.32 Å². The summed E-state index contributed by atoms with van der Waals surface area (Å²) in [5.74, 6) is 2.24. The predicted octanol–water partition coefficient (Wildman–Crippen LogP) is 0.843. The number of hydrogen-bond acceptors (Lipinski definition) is 2. The number of hydrogen-bond donors (Lipinski definition) is 1. The van der Waals surface area contributed by atoms with Gasteiger partial charge in [0.05, 0.1) is 0 Å². The molecule has 1 fully saturated rings. The summed E-state index contributed by atoms with van der Waals surface area (Å²) in [7, 11) is 0. The van der Waals surface area contributed by atoms with Gasteiger partial charge in [-0.05, 0) is 19.3 Å². The quantitative estimate of drug-likeness (QED) is 0.396. The Balaban J connectivity index is 2.31. The largest absolute Gasteiger partial charge is 0.296 e. The fourth-order valence-corrected chi connectivity index (χ4v) is 1.46. The summed E-state index contributed by atoms with van der Waals surface area (Å²) in [5, 5.41) is 2.33. The molecule has 1 unspecified atom stereocenters. The molecule has 0 saturated carbocycles. The van der Waals surface area contributed by atoms with Gasteiger partial charge in [-0.2, -0.15) is 0 Å². The maximum absolute atomic E-state index is 11.2. The number of unbranched alkanes of at least 4 members (excludes halogenated alkanes) is 1. The minimum absolute atomic E-state index is 0.00829. The van der Waals surface area contributed by atoms with Crippen molar-refractivity contribution in [1.82, 2.24) is 5.32 Å². The maximum Gasteiger partial charge on any atom is 0.229 e. The number of nitrogens with one attached hydrogen (secondary N) is 1. The van der Waals surface area contributed by atoms with Crippen molar-refractivity contribution in [3.05, 3.63) is 0 Å². The monoisotopic (exact) mass is 179 g/mol. The van der Waals surface area contributed by atoms with E-state index in [4.69, 9.17) is 6.42 Å². The van der Waals surface area contributed by atoms with Gasteiger partial charge in [-0.1, -0.05) is 0 Å². The lowest BCUT2D eigenvalue weighted by Crippen LogP contribution is -2.40. The van der Waals surface area contributed by atoms with Gasteiger partial charge in [0.1, 0.15) is 0 Å². The molecular weight excluding hydrogens is 166 g/mol. The van der Waals surface area contributed by atoms with Crippen molar-refractivity contribution < 1.29 is 9.59 Å². The average Bonchev–Trinajstić information content (AvgIpc) is 2.09. The van der Waals surface area contributed by atoms with Gasteiger partial charge < -0.3 is 0 Å². The molecule has 0 aromatic rings. The number of imide groups is 1. The fourth-order valence-electron chi connectivity index (χ4n) is 1.46. The summed E-state index contributed by atoms with van der Waals surface area (Å²) in [6, 6.07) is 0. The zero-order valence-corrected chi connectivity index (χ0v) is 7.51. The van der Waals surface area contributed by atoms with Gasteiger partial charge in [0.25, 0.3) is 0 Å². The molecular formula is C10H13NO2. The van der Waals surface area contributed by atoms with Crippen LogP contribution in [0.2, 0.25) is 0 Å². The van der Waals surface area contributed by atoms with Crippen LogP contribution in [-0.2, 0) is 9.59 Å². The molecule has 0 bridgehead atoms. The Labute approximate surface area is 77.9 Å². The van der Waals surface area contributed by atoms with Gasteiger partial charge in [-0.15, -0.1) is 12.3 Å². The topological polar surface area (TPSA) is 46.2 Å². The van der Waals surface area contributed by atoms with E-state index >= 15 is 0 Å². The third kappa shape index (κ3) is 2.90. The van der Waals surface area contributed by atoms with E-state index in [0.717, 1.165) is 12.8 Å². The molecule has 1 aliphatic rings. The molecule has 3 heteroatoms. The molecule has 1 aliphatic heterocycles. The summed E-state index contributed by atoms with van der Waals surface area (Å²) < 4.78 is 0. The van der Waals surface area contributed by atoms with Gasteiger partial charge in [-0.25, -0.2) is 0 Å². The Morgan fingerprint density at radius 3 is 2.92 bits per heavy atom. The van der Waals surface area contributed by atoms with E-state index in [1.807, 2.05) is 0 Å². The van der Waals surface area contributed by atoms with Crippen molar-refractivity contribution in [3.8, 4) is 12.3 Å². The van der Waals surface area contributed by atoms with Crippen molar-refractivity contribution >= 4 is 11.8 Å². The second-order valence-corrected chi connectivity index (χ2v) is 3.24. The zero-order chi connectivity index (χ0) is 9.68. The van der Waals surface area contributed by atoms with Gasteiger partial charge in [0, 0.05) is 18.8 Å². The third-order valence-corrected chi connectivity index (χ3v) is 2.23. The Morgan fingerprint density at radius 1 is 1.54 bits per heavy atom. The van der Waals surface area contributed by atoms with Crippen LogP contribution >= 0.6 is 0 Å². The highest BCUT2D eigenvalue weighted by Crippen LogP contribution is 2.18. The fraction of sp³-hybridized carbons (Fsp3) is 0.600. The molecule has 13 heavy (non-hydrogen) atoms. The second kappa shape index (κ2) is 4.66. The number of amides is 2. The molecule has 1 atom stereocenters. The Kier molecular flexibility index (Phi) is 3.51. The number of piperidine rings is 1. The average molecular weight is 179 g/mol. The first-order valence-corrected chi connectivity index (χ1v) is 4.51. The molecule has 3 nitrogen and oxygen atoms in total. The molecule has 0 aromatic carbocycles. The van der Waals surface area contributed by atoms with Crippen LogP contribution in [0.5, 0.6) is 0 Å². The Bertz CT molecular complexity index is 252. The summed E-state index contributed by atoms with van der Waals surface area (Å²) in [6.45, 7) is 0. The first kappa shape index (κ1) is 9.79. The van der Waals surface area contributed by atoms with E-state index in [9.17, 15) is 9.59 Å². The highest BCUT2D eigenvalue weighted by atomic mass is 16.2. The summed E-state index contributed by atoms with van der Waals surface area (Å²) in [4.78, 5) is 22.0. The molecule has 1 saturated heterocycles. The van der Waals surface area contributed by atoms with E-state index in [-0.39, 0.29) is 17.7 Å². The van der Waals surface area contributed by atoms with Gasteiger partial charge in [-0.3, -0.25) is 14.9 Å². The van der Waals surface area contributed by atoms with Crippen LogP contribution in [0.3, 0.4) is 0 Å². The van der Waals surface area contributed by atoms with Crippen LogP contribution in [0.4, 0.5) is 0 Å². The van der Waals surface area contributed by atoms with E-state index in [2.05, 4.69) is 11.2 Å². The number of terminal acetylenes is 1. The lowest BCUT2D eigenvalue weighted by Gasteiger charge is -2.19. The normalized spacial score (nSPS) is 22.2. The number of rotatable bonds is 3. The SMILES string of the molecule is C#CCCCC1CCC(=O)NC1=O. The number of carbonyl (C=O) groups is 2. The summed E-state index contributed by atoms with van der Waals surface area (Å²) in [6.07, 6.45) is 8.60. The first-order chi connectivity index (χ1) is 6.24. The predicted molar refractivity (Wildman–Crippen MR) is 48.6 cm³/mol. The van der Waals surface area contributed by atoms with Crippen molar-refractivity contribution in [2.45, 2.75) is 32.1 Å². The maximum atomic E-state index is 11.2. The van der Waals surface area contributed by atoms with E-state index < -0.39 is 0 Å². The Morgan fingerprint density at radius 2 is 2.31 bits per heavy atom. The van der Waals surface area contributed by atoms with Crippen LogP contribution in [-0.4, -0.2) is 11.8 Å². The van der Waals surface area contributed by atoms with E-state index in [1.54, 1.807) is 0 Å². The van der Waals surface area contributed by atoms with Gasteiger partial charge in [0.15, 0.2) is 0 Å². The molecule has 70 valence electrons. The molecule has 2 amide bonds. The molecule has 0 aliphatic carbocycles. The summed E-state index contributed by atoms with van der Waals surface area (Å²) >= 11 is 0. The van der Waals surface area contributed by atoms with Crippen molar-refractivity contribution in [2.75, 3.05) is 0 Å². The van der Waals surface area contributed by atoms with Crippen LogP contribution in [0.15, 0.2) is 0 Å². The van der Waals surface area contributed by atoms with Crippen molar-refractivity contribution in [1.29, 1.82) is 0 Å². The van der Waals surface area contributed by atoms with Crippen molar-refractivity contribution in [3.63, 3.8) is 0 Å². The zero-order valence-electron chi connectivity index (χ0n) is 7.51. The van der Waals surface area contributed by atoms with Crippen molar-refractivity contribution in [2.24, 2.45) is 5.92 Å².